The molecule has 130 valence electrons. The maximum Gasteiger partial charge on any atom is 0.325 e. The van der Waals surface area contributed by atoms with E-state index < -0.39 is 17.7 Å². The van der Waals surface area contributed by atoms with E-state index in [1.54, 1.807) is 19.9 Å². The zero-order chi connectivity index (χ0) is 17.8. The summed E-state index contributed by atoms with van der Waals surface area (Å²) in [5.74, 6) is 0.293. The van der Waals surface area contributed by atoms with Crippen molar-refractivity contribution in [3.05, 3.63) is 41.3 Å². The Hall–Kier alpha value is -2.97. The molecule has 4 rings (SSSR count). The average Bonchev–Trinajstić information content (AvgIpc) is 3.20. The van der Waals surface area contributed by atoms with E-state index in [1.807, 2.05) is 0 Å². The highest BCUT2D eigenvalue weighted by Crippen LogP contribution is 2.36. The van der Waals surface area contributed by atoms with E-state index in [1.165, 1.54) is 12.1 Å². The highest BCUT2D eigenvalue weighted by Gasteiger charge is 2.44. The predicted molar refractivity (Wildman–Crippen MR) is 80.9 cm³/mol. The van der Waals surface area contributed by atoms with Gasteiger partial charge in [-0.15, -0.1) is 0 Å². The number of amides is 3. The van der Waals surface area contributed by atoms with Crippen LogP contribution in [-0.2, 0) is 17.8 Å². The molecule has 3 amide bonds. The van der Waals surface area contributed by atoms with Gasteiger partial charge in [0.05, 0.1) is 6.54 Å². The Labute approximate surface area is 141 Å². The van der Waals surface area contributed by atoms with Crippen LogP contribution < -0.4 is 10.1 Å². The lowest BCUT2D eigenvalue weighted by atomic mass is 10.1. The molecular formula is C16H15FN4O4. The molecule has 0 spiro atoms. The van der Waals surface area contributed by atoms with E-state index >= 15 is 0 Å². The first kappa shape index (κ1) is 15.6. The zero-order valence-corrected chi connectivity index (χ0v) is 13.6. The number of hydrogen-bond acceptors (Lipinski definition) is 6. The van der Waals surface area contributed by atoms with E-state index in [-0.39, 0.29) is 30.0 Å². The van der Waals surface area contributed by atoms with Gasteiger partial charge >= 0.3 is 6.03 Å². The van der Waals surface area contributed by atoms with E-state index in [0.29, 0.717) is 12.2 Å². The molecule has 1 fully saturated rings. The molecule has 3 heterocycles. The molecule has 0 aliphatic carbocycles. The normalized spacial score (nSPS) is 21.2. The lowest BCUT2D eigenvalue weighted by molar-refractivity contribution is -0.130. The molecule has 1 aromatic heterocycles. The molecule has 0 saturated carbocycles. The number of carbonyl (C=O) groups excluding carboxylic acids is 2. The van der Waals surface area contributed by atoms with E-state index in [4.69, 9.17) is 9.26 Å². The Bertz CT molecular complexity index is 879. The van der Waals surface area contributed by atoms with Crippen molar-refractivity contribution in [3.63, 3.8) is 0 Å². The molecule has 2 aromatic rings. The van der Waals surface area contributed by atoms with Crippen LogP contribution in [0.1, 0.15) is 37.2 Å². The van der Waals surface area contributed by atoms with Gasteiger partial charge in [0, 0.05) is 12.0 Å². The number of rotatable bonds is 3. The molecule has 1 aromatic carbocycles. The first-order chi connectivity index (χ1) is 11.8. The molecule has 1 atom stereocenters. The topological polar surface area (TPSA) is 97.6 Å². The molecule has 8 nitrogen and oxygen atoms in total. The first-order valence-electron chi connectivity index (χ1n) is 7.75. The number of nitrogens with zero attached hydrogens (tertiary/aromatic N) is 3. The lowest BCUT2D eigenvalue weighted by Crippen LogP contribution is -2.40. The fraction of sp³-hybridized carbons (Fsp3) is 0.375. The van der Waals surface area contributed by atoms with Gasteiger partial charge in [0.15, 0.2) is 11.9 Å². The van der Waals surface area contributed by atoms with Gasteiger partial charge in [-0.1, -0.05) is 5.16 Å². The number of carbonyl (C=O) groups is 2. The summed E-state index contributed by atoms with van der Waals surface area (Å²) in [6, 6.07) is 3.78. The van der Waals surface area contributed by atoms with E-state index in [9.17, 15) is 14.0 Å². The van der Waals surface area contributed by atoms with Crippen molar-refractivity contribution < 1.29 is 23.2 Å². The summed E-state index contributed by atoms with van der Waals surface area (Å²) in [4.78, 5) is 29.3. The number of hydrogen-bond donors (Lipinski definition) is 1. The highest BCUT2D eigenvalue weighted by atomic mass is 19.1. The molecule has 1 unspecified atom stereocenters. The van der Waals surface area contributed by atoms with Crippen molar-refractivity contribution in [3.8, 4) is 5.75 Å². The van der Waals surface area contributed by atoms with Crippen LogP contribution in [0.4, 0.5) is 9.18 Å². The van der Waals surface area contributed by atoms with Gasteiger partial charge in [0.2, 0.25) is 0 Å². The van der Waals surface area contributed by atoms with Crippen molar-refractivity contribution in [1.82, 2.24) is 20.4 Å². The molecule has 1 N–H and O–H groups in total. The SMILES string of the molecule is CC1(C)NC(=O)N(Cc2noc(C3Cc4cc(F)ccc4O3)n2)C1=O. The molecule has 25 heavy (non-hydrogen) atoms. The van der Waals surface area contributed by atoms with Gasteiger partial charge in [-0.3, -0.25) is 9.69 Å². The highest BCUT2D eigenvalue weighted by molar-refractivity contribution is 6.06. The smallest absolute Gasteiger partial charge is 0.325 e. The number of urea groups is 1. The average molecular weight is 346 g/mol. The summed E-state index contributed by atoms with van der Waals surface area (Å²) < 4.78 is 24.2. The fourth-order valence-corrected chi connectivity index (χ4v) is 2.92. The quantitative estimate of drug-likeness (QED) is 0.850. The van der Waals surface area contributed by atoms with Crippen molar-refractivity contribution in [2.75, 3.05) is 0 Å². The number of fused-ring (bicyclic) bond motifs is 1. The number of nitrogens with one attached hydrogen (secondary N) is 1. The lowest BCUT2D eigenvalue weighted by Gasteiger charge is -2.14. The summed E-state index contributed by atoms with van der Waals surface area (Å²) in [6.07, 6.45) is -0.108. The summed E-state index contributed by atoms with van der Waals surface area (Å²) in [5, 5.41) is 6.39. The second-order valence-electron chi connectivity index (χ2n) is 6.56. The van der Waals surface area contributed by atoms with Crippen LogP contribution >= 0.6 is 0 Å². The van der Waals surface area contributed by atoms with Crippen LogP contribution in [0.3, 0.4) is 0 Å². The van der Waals surface area contributed by atoms with Crippen molar-refractivity contribution in [2.45, 2.75) is 38.5 Å². The van der Waals surface area contributed by atoms with Gasteiger partial charge < -0.3 is 14.6 Å². The third-order valence-electron chi connectivity index (χ3n) is 4.20. The molecule has 2 aliphatic heterocycles. The molecule has 0 radical (unpaired) electrons. The van der Waals surface area contributed by atoms with Crippen LogP contribution in [0.2, 0.25) is 0 Å². The third kappa shape index (κ3) is 2.61. The first-order valence-corrected chi connectivity index (χ1v) is 7.75. The molecule has 9 heteroatoms. The largest absolute Gasteiger partial charge is 0.480 e. The van der Waals surface area contributed by atoms with Gasteiger partial charge in [-0.2, -0.15) is 4.98 Å². The summed E-state index contributed by atoms with van der Waals surface area (Å²) in [7, 11) is 0. The van der Waals surface area contributed by atoms with Crippen LogP contribution in [0.25, 0.3) is 0 Å². The Balaban J connectivity index is 1.49. The van der Waals surface area contributed by atoms with Gasteiger partial charge in [0.1, 0.15) is 17.1 Å². The Morgan fingerprint density at radius 1 is 1.40 bits per heavy atom. The van der Waals surface area contributed by atoms with Crippen molar-refractivity contribution >= 4 is 11.9 Å². The zero-order valence-electron chi connectivity index (χ0n) is 13.6. The molecular weight excluding hydrogens is 331 g/mol. The van der Waals surface area contributed by atoms with Gasteiger partial charge in [-0.25, -0.2) is 9.18 Å². The summed E-state index contributed by atoms with van der Waals surface area (Å²) in [5.41, 5.74) is -0.232. The van der Waals surface area contributed by atoms with Crippen LogP contribution in [-0.4, -0.2) is 32.5 Å². The van der Waals surface area contributed by atoms with Crippen molar-refractivity contribution in [2.24, 2.45) is 0 Å². The number of imide groups is 1. The Morgan fingerprint density at radius 2 is 2.20 bits per heavy atom. The van der Waals surface area contributed by atoms with Crippen LogP contribution in [0.5, 0.6) is 5.75 Å². The minimum absolute atomic E-state index is 0.0914. The fourth-order valence-electron chi connectivity index (χ4n) is 2.92. The van der Waals surface area contributed by atoms with Crippen LogP contribution in [0, 0.1) is 5.82 Å². The predicted octanol–water partition coefficient (Wildman–Crippen LogP) is 1.72. The summed E-state index contributed by atoms with van der Waals surface area (Å²) >= 11 is 0. The Morgan fingerprint density at radius 3 is 2.92 bits per heavy atom. The second kappa shape index (κ2) is 5.27. The number of ether oxygens (including phenoxy) is 1. The molecule has 2 aliphatic rings. The number of benzene rings is 1. The van der Waals surface area contributed by atoms with Gasteiger partial charge in [-0.05, 0) is 32.0 Å². The minimum Gasteiger partial charge on any atom is -0.480 e. The summed E-state index contributed by atoms with van der Waals surface area (Å²) in [6.45, 7) is 3.15. The van der Waals surface area contributed by atoms with E-state index in [2.05, 4.69) is 15.5 Å². The number of halogens is 1. The second-order valence-corrected chi connectivity index (χ2v) is 6.56. The maximum absolute atomic E-state index is 13.3. The third-order valence-corrected chi connectivity index (χ3v) is 4.20. The van der Waals surface area contributed by atoms with Gasteiger partial charge in [0.25, 0.3) is 11.8 Å². The van der Waals surface area contributed by atoms with Crippen LogP contribution in [0.15, 0.2) is 22.7 Å². The standard InChI is InChI=1S/C16H15FN4O4/c1-16(2)14(22)21(15(23)19-16)7-12-18-13(25-20-12)11-6-8-5-9(17)3-4-10(8)24-11/h3-5,11H,6-7H2,1-2H3,(H,19,23). The molecule has 0 bridgehead atoms. The Kier molecular flexibility index (Phi) is 3.28. The number of aromatic nitrogens is 2. The van der Waals surface area contributed by atoms with Crippen molar-refractivity contribution in [1.29, 1.82) is 0 Å². The maximum atomic E-state index is 13.3. The van der Waals surface area contributed by atoms with E-state index in [0.717, 1.165) is 10.5 Å². The molecule has 1 saturated heterocycles. The monoisotopic (exact) mass is 346 g/mol. The minimum atomic E-state index is -0.954.